The topological polar surface area (TPSA) is 34.1 Å². The van der Waals surface area contributed by atoms with Crippen molar-refractivity contribution in [2.24, 2.45) is 5.41 Å². The highest BCUT2D eigenvalue weighted by Gasteiger charge is 2.28. The molecule has 0 spiro atoms. The molecule has 0 bridgehead atoms. The fourth-order valence-corrected chi connectivity index (χ4v) is 4.37. The third-order valence-corrected chi connectivity index (χ3v) is 6.68. The van der Waals surface area contributed by atoms with Gasteiger partial charge in [0.05, 0.1) is 3.92 Å². The normalized spacial score (nSPS) is 14.3. The van der Waals surface area contributed by atoms with E-state index in [-0.39, 0.29) is 9.34 Å². The predicted octanol–water partition coefficient (Wildman–Crippen LogP) is 5.35. The molecule has 0 rings (SSSR count). The smallest absolute Gasteiger partial charge is 0.235 e. The molecule has 0 aliphatic rings. The number of hydrogen-bond donors (Lipinski definition) is 0. The lowest BCUT2D eigenvalue weighted by Gasteiger charge is -2.24. The van der Waals surface area contributed by atoms with Crippen LogP contribution in [0.5, 0.6) is 0 Å². The van der Waals surface area contributed by atoms with Gasteiger partial charge in [-0.05, 0) is 11.8 Å². The third-order valence-electron chi connectivity index (χ3n) is 2.97. The van der Waals surface area contributed by atoms with Crippen LogP contribution < -0.4 is 0 Å². The predicted molar refractivity (Wildman–Crippen MR) is 76.6 cm³/mol. The number of hydrogen-bond acceptors (Lipinski definition) is 2. The lowest BCUT2D eigenvalue weighted by Crippen LogP contribution is -2.21. The van der Waals surface area contributed by atoms with Crippen LogP contribution in [0.3, 0.4) is 0 Å². The van der Waals surface area contributed by atoms with Crippen LogP contribution >= 0.6 is 19.8 Å². The molecule has 3 heteroatoms. The van der Waals surface area contributed by atoms with Crippen molar-refractivity contribution in [3.8, 4) is 0 Å². The molecule has 0 aliphatic carbocycles. The molecule has 0 saturated carbocycles. The first-order chi connectivity index (χ1) is 7.39. The Morgan fingerprint density at radius 2 is 1.44 bits per heavy atom. The number of rotatable bonds is 8. The molecular weight excluding hydrogens is 315 g/mol. The zero-order valence-corrected chi connectivity index (χ0v) is 13.4. The van der Waals surface area contributed by atoms with Crippen molar-refractivity contribution in [1.82, 2.24) is 0 Å². The van der Waals surface area contributed by atoms with Gasteiger partial charge in [-0.1, -0.05) is 66.2 Å². The summed E-state index contributed by atoms with van der Waals surface area (Å²) >= 11 is -3.14. The van der Waals surface area contributed by atoms with Crippen LogP contribution in [0.15, 0.2) is 0 Å². The van der Waals surface area contributed by atoms with Crippen LogP contribution in [-0.4, -0.2) is 3.92 Å². The molecular formula is C13H27IO2. The summed E-state index contributed by atoms with van der Waals surface area (Å²) in [5, 5.41) is 0. The Kier molecular flexibility index (Phi) is 8.60. The van der Waals surface area contributed by atoms with Crippen molar-refractivity contribution in [3.05, 3.63) is 0 Å². The molecule has 0 aromatic rings. The van der Waals surface area contributed by atoms with Crippen LogP contribution in [0.1, 0.15) is 72.6 Å². The van der Waals surface area contributed by atoms with Crippen LogP contribution in [0, 0.1) is 5.41 Å². The highest BCUT2D eigenvalue weighted by Crippen LogP contribution is 2.37. The van der Waals surface area contributed by atoms with Crippen molar-refractivity contribution in [3.63, 3.8) is 0 Å². The van der Waals surface area contributed by atoms with Crippen LogP contribution in [0.2, 0.25) is 0 Å². The summed E-state index contributed by atoms with van der Waals surface area (Å²) in [5.74, 6) is 0. The molecule has 0 N–H and O–H groups in total. The van der Waals surface area contributed by atoms with E-state index in [2.05, 4.69) is 6.92 Å². The fourth-order valence-electron chi connectivity index (χ4n) is 1.89. The first-order valence-electron chi connectivity index (χ1n) is 6.43. The second-order valence-corrected chi connectivity index (χ2v) is 8.51. The minimum Gasteiger partial charge on any atom is -0.235 e. The average molecular weight is 342 g/mol. The van der Waals surface area contributed by atoms with Gasteiger partial charge in [0.1, 0.15) is 0 Å². The second-order valence-electron chi connectivity index (χ2n) is 5.63. The molecule has 98 valence electrons. The highest BCUT2D eigenvalue weighted by molar-refractivity contribution is 14.2. The minimum atomic E-state index is -3.14. The molecule has 0 saturated heterocycles. The van der Waals surface area contributed by atoms with Gasteiger partial charge in [-0.25, -0.2) is 6.14 Å². The quantitative estimate of drug-likeness (QED) is 0.338. The Labute approximate surface area is 108 Å². The van der Waals surface area contributed by atoms with E-state index in [0.29, 0.717) is 0 Å². The van der Waals surface area contributed by atoms with E-state index in [0.717, 1.165) is 12.8 Å². The molecule has 1 unspecified atom stereocenters. The van der Waals surface area contributed by atoms with Crippen LogP contribution in [0.4, 0.5) is 0 Å². The lowest BCUT2D eigenvalue weighted by molar-refractivity contribution is 0.380. The number of alkyl halides is 1. The number of halogens is 1. The molecule has 0 aliphatic heterocycles. The van der Waals surface area contributed by atoms with Crippen molar-refractivity contribution < 1.29 is 6.14 Å². The average Bonchev–Trinajstić information content (AvgIpc) is 2.13. The van der Waals surface area contributed by atoms with E-state index in [1.165, 1.54) is 32.1 Å². The first-order valence-corrected chi connectivity index (χ1v) is 9.44. The summed E-state index contributed by atoms with van der Waals surface area (Å²) in [6.07, 6.45) is 8.27. The summed E-state index contributed by atoms with van der Waals surface area (Å²) in [5.41, 5.74) is -0.0717. The van der Waals surface area contributed by atoms with Crippen molar-refractivity contribution >= 4 is 19.8 Å². The van der Waals surface area contributed by atoms with E-state index in [9.17, 15) is 6.14 Å². The zero-order chi connectivity index (χ0) is 12.6. The molecule has 0 radical (unpaired) electrons. The zero-order valence-electron chi connectivity index (χ0n) is 11.2. The SMILES string of the molecule is CCCCCCCCC(I(=O)=O)C(C)(C)C. The Balaban J connectivity index is 3.79. The molecule has 0 fully saturated rings. The summed E-state index contributed by atoms with van der Waals surface area (Å²) in [6, 6.07) is 0. The Bertz CT molecular complexity index is 231. The third kappa shape index (κ3) is 7.58. The molecule has 0 amide bonds. The minimum absolute atomic E-state index is 0.0668. The standard InChI is InChI=1S/C13H27IO2/c1-5-6-7-8-9-10-11-12(14(15)16)13(2,3)4/h12H,5-11H2,1-4H3. The summed E-state index contributed by atoms with van der Waals surface area (Å²) in [4.78, 5) is 0. The largest absolute Gasteiger partial charge is 0.310 e. The maximum Gasteiger partial charge on any atom is 0.310 e. The monoisotopic (exact) mass is 342 g/mol. The van der Waals surface area contributed by atoms with Gasteiger partial charge in [-0.15, -0.1) is 0 Å². The lowest BCUT2D eigenvalue weighted by atomic mass is 9.89. The Morgan fingerprint density at radius 3 is 1.88 bits per heavy atom. The maximum absolute atomic E-state index is 11.2. The van der Waals surface area contributed by atoms with Gasteiger partial charge in [-0.3, -0.25) is 0 Å². The first kappa shape index (κ1) is 16.3. The second kappa shape index (κ2) is 8.43. The molecule has 0 aromatic carbocycles. The van der Waals surface area contributed by atoms with Gasteiger partial charge in [0.25, 0.3) is 0 Å². The van der Waals surface area contributed by atoms with Gasteiger partial charge in [0.2, 0.25) is 0 Å². The maximum atomic E-state index is 11.2. The Morgan fingerprint density at radius 1 is 0.938 bits per heavy atom. The molecule has 16 heavy (non-hydrogen) atoms. The summed E-state index contributed by atoms with van der Waals surface area (Å²) < 4.78 is 22.4. The van der Waals surface area contributed by atoms with Crippen molar-refractivity contribution in [2.45, 2.75) is 76.6 Å². The molecule has 0 aromatic heterocycles. The van der Waals surface area contributed by atoms with E-state index in [1.807, 2.05) is 20.8 Å². The highest BCUT2D eigenvalue weighted by atomic mass is 127. The van der Waals surface area contributed by atoms with Crippen LogP contribution in [-0.2, 0) is 6.14 Å². The van der Waals surface area contributed by atoms with Gasteiger partial charge in [0.15, 0.2) is 0 Å². The van der Waals surface area contributed by atoms with Crippen molar-refractivity contribution in [1.29, 1.82) is 0 Å². The van der Waals surface area contributed by atoms with E-state index in [1.54, 1.807) is 0 Å². The fraction of sp³-hybridized carbons (Fsp3) is 1.00. The summed E-state index contributed by atoms with van der Waals surface area (Å²) in [6.45, 7) is 8.32. The van der Waals surface area contributed by atoms with Gasteiger partial charge in [-0.2, -0.15) is 0 Å². The van der Waals surface area contributed by atoms with Gasteiger partial charge >= 0.3 is 19.8 Å². The van der Waals surface area contributed by atoms with Crippen molar-refractivity contribution in [2.75, 3.05) is 0 Å². The molecule has 0 heterocycles. The van der Waals surface area contributed by atoms with E-state index < -0.39 is 19.8 Å². The van der Waals surface area contributed by atoms with Gasteiger partial charge in [0, 0.05) is 0 Å². The molecule has 1 atom stereocenters. The number of unbranched alkanes of at least 4 members (excludes halogenated alkanes) is 5. The summed E-state index contributed by atoms with van der Waals surface area (Å²) in [7, 11) is 0. The van der Waals surface area contributed by atoms with Gasteiger partial charge < -0.3 is 0 Å². The Hall–Kier alpha value is 0.330. The molecule has 2 nitrogen and oxygen atoms in total. The van der Waals surface area contributed by atoms with E-state index >= 15 is 0 Å². The van der Waals surface area contributed by atoms with E-state index in [4.69, 9.17) is 0 Å². The van der Waals surface area contributed by atoms with Crippen LogP contribution in [0.25, 0.3) is 0 Å².